The van der Waals surface area contributed by atoms with Crippen LogP contribution in [0.4, 0.5) is 0 Å². The van der Waals surface area contributed by atoms with E-state index in [0.717, 1.165) is 44.6 Å². The maximum atomic E-state index is 12.2. The minimum absolute atomic E-state index is 0. The normalized spacial score (nSPS) is 19.9. The maximum Gasteiger partial charge on any atom is 0.249 e. The summed E-state index contributed by atoms with van der Waals surface area (Å²) in [5.41, 5.74) is 4.01. The third-order valence-corrected chi connectivity index (χ3v) is 6.13. The zero-order valence-corrected chi connectivity index (χ0v) is 17.0. The van der Waals surface area contributed by atoms with E-state index in [9.17, 15) is 4.79 Å². The monoisotopic (exact) mass is 407 g/mol. The highest BCUT2D eigenvalue weighted by atomic mass is 35.5. The van der Waals surface area contributed by atoms with Crippen molar-refractivity contribution in [3.8, 4) is 0 Å². The van der Waals surface area contributed by atoms with Crippen molar-refractivity contribution in [1.82, 2.24) is 14.8 Å². The molecule has 0 aliphatic carbocycles. The van der Waals surface area contributed by atoms with Crippen molar-refractivity contribution in [3.63, 3.8) is 0 Å². The van der Waals surface area contributed by atoms with E-state index in [1.165, 1.54) is 5.56 Å². The Balaban J connectivity index is 0.00000210. The molecule has 7 heteroatoms. The number of ether oxygens (including phenoxy) is 1. The van der Waals surface area contributed by atoms with E-state index < -0.39 is 0 Å². The number of carbonyl (C=O) groups is 1. The van der Waals surface area contributed by atoms with Gasteiger partial charge in [0.1, 0.15) is 6.61 Å². The van der Waals surface area contributed by atoms with E-state index in [2.05, 4.69) is 40.2 Å². The highest BCUT2D eigenvalue weighted by molar-refractivity contribution is 7.07. The molecule has 2 fully saturated rings. The molecule has 2 saturated heterocycles. The van der Waals surface area contributed by atoms with Gasteiger partial charge in [-0.15, -0.1) is 23.7 Å². The SMILES string of the molecule is Cl.O=C1COC2(CCN(CCc3ccccc3)CC2)CN1Cc1cscn1. The molecule has 0 saturated carbocycles. The number of thiazole rings is 1. The van der Waals surface area contributed by atoms with E-state index in [4.69, 9.17) is 4.74 Å². The van der Waals surface area contributed by atoms with Gasteiger partial charge >= 0.3 is 0 Å². The zero-order chi connectivity index (χ0) is 17.8. The van der Waals surface area contributed by atoms with Gasteiger partial charge in [-0.05, 0) is 24.8 Å². The summed E-state index contributed by atoms with van der Waals surface area (Å²) >= 11 is 1.57. The molecule has 5 nitrogen and oxygen atoms in total. The van der Waals surface area contributed by atoms with Crippen LogP contribution in [-0.4, -0.2) is 59.1 Å². The standard InChI is InChI=1S/C20H25N3O2S.ClH/c24-19-13-25-20(15-23(19)12-18-14-26-16-21-18)7-10-22(11-8-20)9-6-17-4-2-1-3-5-17;/h1-5,14,16H,6-13,15H2;1H. The lowest BCUT2D eigenvalue weighted by Crippen LogP contribution is -2.58. The fourth-order valence-electron chi connectivity index (χ4n) is 3.86. The van der Waals surface area contributed by atoms with Gasteiger partial charge in [-0.25, -0.2) is 4.98 Å². The average molecular weight is 408 g/mol. The number of nitrogens with zero attached hydrogens (tertiary/aromatic N) is 3. The maximum absolute atomic E-state index is 12.2. The summed E-state index contributed by atoms with van der Waals surface area (Å²) in [5, 5.41) is 2.02. The number of amides is 1. The lowest BCUT2D eigenvalue weighted by Gasteiger charge is -2.47. The molecule has 2 aliphatic rings. The van der Waals surface area contributed by atoms with Crippen LogP contribution in [0.25, 0.3) is 0 Å². The topological polar surface area (TPSA) is 45.7 Å². The molecule has 146 valence electrons. The smallest absolute Gasteiger partial charge is 0.249 e. The van der Waals surface area contributed by atoms with Gasteiger partial charge in [-0.2, -0.15) is 0 Å². The third-order valence-electron chi connectivity index (χ3n) is 5.50. The molecular formula is C20H26ClN3O2S. The van der Waals surface area contributed by atoms with Gasteiger partial charge in [-0.1, -0.05) is 30.3 Å². The Hall–Kier alpha value is -1.47. The van der Waals surface area contributed by atoms with Crippen molar-refractivity contribution < 1.29 is 9.53 Å². The predicted molar refractivity (Wildman–Crippen MR) is 109 cm³/mol. The van der Waals surface area contributed by atoms with E-state index in [-0.39, 0.29) is 30.5 Å². The molecule has 1 spiro atoms. The van der Waals surface area contributed by atoms with Crippen LogP contribution in [0.1, 0.15) is 24.1 Å². The summed E-state index contributed by atoms with van der Waals surface area (Å²) in [5.74, 6) is 0.0788. The molecule has 1 aromatic carbocycles. The van der Waals surface area contributed by atoms with E-state index in [1.54, 1.807) is 11.3 Å². The quantitative estimate of drug-likeness (QED) is 0.764. The Kier molecular flexibility index (Phi) is 6.87. The minimum atomic E-state index is -0.173. The Morgan fingerprint density at radius 1 is 1.19 bits per heavy atom. The lowest BCUT2D eigenvalue weighted by atomic mass is 9.89. The van der Waals surface area contributed by atoms with Gasteiger partial charge in [-0.3, -0.25) is 4.79 Å². The summed E-state index contributed by atoms with van der Waals surface area (Å²) in [4.78, 5) is 21.0. The molecule has 1 aromatic heterocycles. The largest absolute Gasteiger partial charge is 0.363 e. The average Bonchev–Trinajstić information content (AvgIpc) is 3.19. The first kappa shape index (κ1) is 20.3. The van der Waals surface area contributed by atoms with Crippen LogP contribution in [-0.2, 0) is 22.5 Å². The molecule has 0 atom stereocenters. The Morgan fingerprint density at radius 2 is 1.96 bits per heavy atom. The molecule has 0 unspecified atom stereocenters. The molecule has 1 amide bonds. The number of likely N-dealkylation sites (tertiary alicyclic amines) is 1. The molecule has 27 heavy (non-hydrogen) atoms. The highest BCUT2D eigenvalue weighted by Crippen LogP contribution is 2.31. The van der Waals surface area contributed by atoms with Crippen LogP contribution < -0.4 is 0 Å². The first-order valence-corrected chi connectivity index (χ1v) is 10.2. The lowest BCUT2D eigenvalue weighted by molar-refractivity contribution is -0.172. The fraction of sp³-hybridized carbons (Fsp3) is 0.500. The number of rotatable bonds is 5. The second-order valence-electron chi connectivity index (χ2n) is 7.28. The summed E-state index contributed by atoms with van der Waals surface area (Å²) in [6.45, 7) is 4.65. The number of piperidine rings is 1. The van der Waals surface area contributed by atoms with Crippen LogP contribution in [0.3, 0.4) is 0 Å². The summed E-state index contributed by atoms with van der Waals surface area (Å²) < 4.78 is 6.04. The number of benzene rings is 1. The van der Waals surface area contributed by atoms with Gasteiger partial charge in [0.25, 0.3) is 0 Å². The Labute approximate surface area is 170 Å². The molecule has 3 heterocycles. The van der Waals surface area contributed by atoms with Crippen molar-refractivity contribution in [2.75, 3.05) is 32.8 Å². The molecule has 0 radical (unpaired) electrons. The third kappa shape index (κ3) is 5.08. The number of carbonyl (C=O) groups excluding carboxylic acids is 1. The first-order chi connectivity index (χ1) is 12.7. The zero-order valence-electron chi connectivity index (χ0n) is 15.4. The first-order valence-electron chi connectivity index (χ1n) is 9.28. The molecule has 2 aliphatic heterocycles. The molecule has 0 N–H and O–H groups in total. The molecule has 0 bridgehead atoms. The van der Waals surface area contributed by atoms with Gasteiger partial charge < -0.3 is 14.5 Å². The summed E-state index contributed by atoms with van der Waals surface area (Å²) in [6, 6.07) is 10.6. The van der Waals surface area contributed by atoms with Crippen LogP contribution in [0.2, 0.25) is 0 Å². The van der Waals surface area contributed by atoms with Crippen molar-refractivity contribution in [2.24, 2.45) is 0 Å². The minimum Gasteiger partial charge on any atom is -0.363 e. The Bertz CT molecular complexity index is 718. The van der Waals surface area contributed by atoms with E-state index >= 15 is 0 Å². The van der Waals surface area contributed by atoms with Crippen molar-refractivity contribution in [3.05, 3.63) is 52.5 Å². The van der Waals surface area contributed by atoms with Gasteiger partial charge in [0.05, 0.1) is 29.9 Å². The number of halogens is 1. The van der Waals surface area contributed by atoms with Crippen LogP contribution in [0, 0.1) is 0 Å². The second-order valence-corrected chi connectivity index (χ2v) is 8.00. The number of hydrogen-bond donors (Lipinski definition) is 0. The van der Waals surface area contributed by atoms with E-state index in [1.807, 2.05) is 15.8 Å². The highest BCUT2D eigenvalue weighted by Gasteiger charge is 2.42. The summed E-state index contributed by atoms with van der Waals surface area (Å²) in [6.07, 6.45) is 3.06. The van der Waals surface area contributed by atoms with Gasteiger partial charge in [0, 0.05) is 25.0 Å². The predicted octanol–water partition coefficient (Wildman–Crippen LogP) is 3.00. The van der Waals surface area contributed by atoms with Crippen molar-refractivity contribution >= 4 is 29.7 Å². The summed E-state index contributed by atoms with van der Waals surface area (Å²) in [7, 11) is 0. The number of morpholine rings is 1. The molecular weight excluding hydrogens is 382 g/mol. The number of hydrogen-bond acceptors (Lipinski definition) is 5. The Morgan fingerprint density at radius 3 is 2.67 bits per heavy atom. The van der Waals surface area contributed by atoms with Crippen LogP contribution >= 0.6 is 23.7 Å². The van der Waals surface area contributed by atoms with Crippen LogP contribution in [0.15, 0.2) is 41.2 Å². The van der Waals surface area contributed by atoms with Crippen molar-refractivity contribution in [1.29, 1.82) is 0 Å². The molecule has 2 aromatic rings. The van der Waals surface area contributed by atoms with Gasteiger partial charge in [0.2, 0.25) is 5.91 Å². The fourth-order valence-corrected chi connectivity index (χ4v) is 4.41. The van der Waals surface area contributed by atoms with Crippen molar-refractivity contribution in [2.45, 2.75) is 31.4 Å². The number of aromatic nitrogens is 1. The van der Waals surface area contributed by atoms with E-state index in [0.29, 0.717) is 13.1 Å². The van der Waals surface area contributed by atoms with Crippen LogP contribution in [0.5, 0.6) is 0 Å². The molecule has 4 rings (SSSR count). The second kappa shape index (κ2) is 9.15. The van der Waals surface area contributed by atoms with Gasteiger partial charge in [0.15, 0.2) is 0 Å².